The van der Waals surface area contributed by atoms with Crippen LogP contribution >= 0.6 is 0 Å². The van der Waals surface area contributed by atoms with Crippen molar-refractivity contribution in [3.63, 3.8) is 0 Å². The first-order chi connectivity index (χ1) is 61.0. The maximum absolute atomic E-state index is 12.7. The van der Waals surface area contributed by atoms with Gasteiger partial charge in [-0.05, 0) is 204 Å². The van der Waals surface area contributed by atoms with Gasteiger partial charge in [-0.3, -0.25) is 28.8 Å². The van der Waals surface area contributed by atoms with Gasteiger partial charge in [0, 0.05) is 113 Å². The van der Waals surface area contributed by atoms with Gasteiger partial charge in [0.1, 0.15) is 61.0 Å². The summed E-state index contributed by atoms with van der Waals surface area (Å²) in [6.45, 7) is 36.6. The second kappa shape index (κ2) is 70.1. The van der Waals surface area contributed by atoms with Crippen LogP contribution in [0, 0.1) is 17.8 Å². The van der Waals surface area contributed by atoms with Crippen molar-refractivity contribution in [1.82, 2.24) is 16.0 Å². The van der Waals surface area contributed by atoms with Gasteiger partial charge in [-0.25, -0.2) is 14.4 Å². The quantitative estimate of drug-likeness (QED) is 0.0180. The highest BCUT2D eigenvalue weighted by atomic mass is 16.6. The fraction of sp³-hybridized carbons (Fsp3) is 0.500. The summed E-state index contributed by atoms with van der Waals surface area (Å²) < 4.78 is 33.5. The van der Waals surface area contributed by atoms with Gasteiger partial charge in [0.05, 0.1) is 12.2 Å². The van der Waals surface area contributed by atoms with Crippen molar-refractivity contribution in [2.24, 2.45) is 17.8 Å². The normalized spacial score (nSPS) is 27.4. The summed E-state index contributed by atoms with van der Waals surface area (Å²) in [6, 6.07) is 0. The van der Waals surface area contributed by atoms with E-state index in [1.54, 1.807) is 61.1 Å². The van der Waals surface area contributed by atoms with E-state index in [4.69, 9.17) is 28.4 Å². The van der Waals surface area contributed by atoms with Crippen LogP contribution in [0.15, 0.2) is 263 Å². The predicted molar refractivity (Wildman–Crippen MR) is 518 cm³/mol. The van der Waals surface area contributed by atoms with Crippen LogP contribution in [0.1, 0.15) is 254 Å². The third-order valence-corrected chi connectivity index (χ3v) is 19.7. The van der Waals surface area contributed by atoms with E-state index in [1.165, 1.54) is 81.5 Å². The van der Waals surface area contributed by atoms with E-state index in [2.05, 4.69) is 22.5 Å². The van der Waals surface area contributed by atoms with Crippen molar-refractivity contribution < 1.29 is 102 Å². The molecule has 720 valence electrons. The Bertz CT molecular complexity index is 4220. The Morgan fingerprint density at radius 2 is 0.738 bits per heavy atom. The molecular formula is C106H155N3O21. The van der Waals surface area contributed by atoms with Gasteiger partial charge in [0.2, 0.25) is 17.7 Å². The first kappa shape index (κ1) is 119. The number of carbonyl (C=O) groups is 9. The van der Waals surface area contributed by atoms with Gasteiger partial charge in [0.25, 0.3) is 0 Å². The Morgan fingerprint density at radius 1 is 0.415 bits per heavy atom. The lowest BCUT2D eigenvalue weighted by Crippen LogP contribution is -2.39. The Morgan fingerprint density at radius 3 is 1.09 bits per heavy atom. The van der Waals surface area contributed by atoms with Crippen molar-refractivity contribution in [2.45, 2.75) is 327 Å². The standard InChI is InChI=1S/C37H53NO7.2C34H49NO7.CH4/c1-26(2)22-29(5)25-36(42)38-21-20-28(4)23-30(6)35-24-27(3)14-10-8-12-16-34(44-31(7)39)33(41)19-18-32(40)15-11-9-13-17-37(43)45-35;1-24(2)21-33(39)35-20-19-26(4)22-27(5)32-23-25(3)13-9-7-11-15-31(41-28(6)36)30(38)18-17-29(37)14-10-8-12-16-34(40)42-32;1-24(2)21-32(38)35-20-19-26(4)22-27(5)31-23-25(3)15-11-7-9-13-17-30(41-28(6)36)34(40)29(37)16-12-8-10-14-18-33(39)42-31;/h8,10,13-14,17-21,23,25,30,32-35,40-41H,1,9,11-12,15-16,22,24H2,2-7H3,(H,38,42);7,9,12-13,16-22,27,29-32,37-38H,8,10-11,14-15,23H2,1-6H3,(H,35,39);7,11-12,14-16,18-22,27,29-31,34,37,40H,8-10,13,17,23H2,1-6H3,(H,35,38);1H4/b10-8+,17-13+,19-18+,21-20+,27-14+,28-23+,29-25-;9-7+,16-12+,18-17+,20-19+,25-13+,26-22+;11-7+,16-12+,18-14+,20-19+,25-15+,26-22+;. The average molecular weight is 1810 g/mol. The summed E-state index contributed by atoms with van der Waals surface area (Å²) in [6.07, 6.45) is 57.6. The summed E-state index contributed by atoms with van der Waals surface area (Å²) in [7, 11) is 0. The highest BCUT2D eigenvalue weighted by Crippen LogP contribution is 2.26. The number of cyclic esters (lactones) is 3. The van der Waals surface area contributed by atoms with E-state index >= 15 is 0 Å². The number of carbonyl (C=O) groups excluding carboxylic acids is 9. The molecule has 3 aliphatic heterocycles. The molecule has 24 heteroatoms. The minimum atomic E-state index is -1.24. The van der Waals surface area contributed by atoms with Crippen LogP contribution in [0.2, 0.25) is 0 Å². The highest BCUT2D eigenvalue weighted by Gasteiger charge is 2.29. The fourth-order valence-corrected chi connectivity index (χ4v) is 13.2. The Labute approximate surface area is 775 Å². The Kier molecular flexibility index (Phi) is 64.4. The molecule has 0 aromatic heterocycles. The SMILES string of the molecule is C.C=C(C)C/C(C)=C\C(=O)N/C=C/C(C)=C/C(C)C1C/C(C)=C/C=C/CCC(OC(C)=O)C(O)/C=C/C(O)CCC/C=C/C(=O)O1.CC(=O)OC1CC/C=C/C=C(\C)CC(C(C)/C=C(C)/C=C/NC(=O)C=C(C)C)OC(=O)/C=C/CCCC(O)/C=C/C1O.CC(=O)OC1CCC/C=C/C=C(\C)CC(C(C)/C=C(C)/C=C/NC(=O)C=C(C)C)OC(=O)/C=C/CC/C=C/C(O)C1O. The minimum absolute atomic E-state index is 0. The van der Waals surface area contributed by atoms with Crippen molar-refractivity contribution in [1.29, 1.82) is 0 Å². The maximum atomic E-state index is 12.7. The fourth-order valence-electron chi connectivity index (χ4n) is 13.2. The lowest BCUT2D eigenvalue weighted by Gasteiger charge is -2.25. The number of esters is 6. The molecule has 0 aromatic carbocycles. The third kappa shape index (κ3) is 62.5. The molecule has 0 bridgehead atoms. The number of nitrogens with one attached hydrogen (secondary N) is 3. The Balaban J connectivity index is 0.00000191. The molecule has 3 aliphatic rings. The molecule has 130 heavy (non-hydrogen) atoms. The van der Waals surface area contributed by atoms with Crippen LogP contribution in [0.5, 0.6) is 0 Å². The molecule has 0 fully saturated rings. The second-order valence-corrected chi connectivity index (χ2v) is 33.7. The third-order valence-electron chi connectivity index (χ3n) is 19.7. The molecule has 9 N–H and O–H groups in total. The number of hydrogen-bond acceptors (Lipinski definition) is 21. The molecule has 0 aromatic rings. The van der Waals surface area contributed by atoms with Gasteiger partial charge in [-0.15, -0.1) is 0 Å². The summed E-state index contributed by atoms with van der Waals surface area (Å²) in [4.78, 5) is 108. The van der Waals surface area contributed by atoms with Gasteiger partial charge < -0.3 is 75.0 Å². The van der Waals surface area contributed by atoms with Gasteiger partial charge in [-0.1, -0.05) is 218 Å². The van der Waals surface area contributed by atoms with Crippen LogP contribution in [-0.2, 0) is 71.6 Å². The molecule has 0 spiro atoms. The molecule has 15 unspecified atom stereocenters. The largest absolute Gasteiger partial charge is 0.460 e. The number of allylic oxidation sites excluding steroid dienone is 23. The van der Waals surface area contributed by atoms with E-state index in [0.717, 1.165) is 55.7 Å². The molecule has 24 nitrogen and oxygen atoms in total. The lowest BCUT2D eigenvalue weighted by molar-refractivity contribution is -0.156. The summed E-state index contributed by atoms with van der Waals surface area (Å²) in [5, 5.41) is 70.6. The molecule has 3 heterocycles. The average Bonchev–Trinajstić information content (AvgIpc) is 0.901. The molecule has 3 rings (SSSR count). The number of rotatable bonds is 20. The summed E-state index contributed by atoms with van der Waals surface area (Å²) in [5.74, 6) is -3.69. The van der Waals surface area contributed by atoms with Gasteiger partial charge in [0.15, 0.2) is 0 Å². The zero-order valence-corrected chi connectivity index (χ0v) is 79.7. The van der Waals surface area contributed by atoms with Crippen molar-refractivity contribution in [3.8, 4) is 0 Å². The van der Waals surface area contributed by atoms with Crippen LogP contribution in [0.25, 0.3) is 0 Å². The first-order valence-electron chi connectivity index (χ1n) is 44.8. The van der Waals surface area contributed by atoms with Crippen LogP contribution in [-0.4, -0.2) is 157 Å². The number of ether oxygens (including phenoxy) is 6. The van der Waals surface area contributed by atoms with E-state index in [-0.39, 0.29) is 42.9 Å². The maximum Gasteiger partial charge on any atom is 0.330 e. The van der Waals surface area contributed by atoms with E-state index in [0.29, 0.717) is 122 Å². The molecular weight excluding hydrogens is 1650 g/mol. The van der Waals surface area contributed by atoms with Gasteiger partial charge >= 0.3 is 35.8 Å². The molecule has 3 amide bonds. The van der Waals surface area contributed by atoms with E-state index in [1.807, 2.05) is 183 Å². The van der Waals surface area contributed by atoms with Crippen molar-refractivity contribution >= 4 is 53.5 Å². The van der Waals surface area contributed by atoms with Crippen LogP contribution < -0.4 is 16.0 Å². The molecule has 0 aliphatic carbocycles. The van der Waals surface area contributed by atoms with Crippen LogP contribution in [0.3, 0.4) is 0 Å². The van der Waals surface area contributed by atoms with E-state index < -0.39 is 109 Å². The predicted octanol–water partition coefficient (Wildman–Crippen LogP) is 18.7. The highest BCUT2D eigenvalue weighted by molar-refractivity contribution is 5.90. The smallest absolute Gasteiger partial charge is 0.330 e. The number of aliphatic hydroxyl groups excluding tert-OH is 6. The zero-order chi connectivity index (χ0) is 96.8. The number of hydrogen-bond donors (Lipinski definition) is 9. The first-order valence-corrected chi connectivity index (χ1v) is 44.8. The summed E-state index contributed by atoms with van der Waals surface area (Å²) in [5.41, 5.74) is 9.54. The van der Waals surface area contributed by atoms with Crippen molar-refractivity contribution in [2.75, 3.05) is 0 Å². The zero-order valence-electron chi connectivity index (χ0n) is 79.7. The van der Waals surface area contributed by atoms with E-state index in [9.17, 15) is 73.8 Å². The second-order valence-electron chi connectivity index (χ2n) is 33.7. The molecule has 0 radical (unpaired) electrons. The summed E-state index contributed by atoms with van der Waals surface area (Å²) >= 11 is 0. The Hall–Kier alpha value is -10.7. The monoisotopic (exact) mass is 1810 g/mol. The molecule has 15 atom stereocenters. The number of amides is 3. The number of aliphatic hydroxyl groups is 6. The van der Waals surface area contributed by atoms with Crippen molar-refractivity contribution in [3.05, 3.63) is 263 Å². The van der Waals surface area contributed by atoms with Gasteiger partial charge in [-0.2, -0.15) is 0 Å². The van der Waals surface area contributed by atoms with Crippen LogP contribution in [0.4, 0.5) is 0 Å². The minimum Gasteiger partial charge on any atom is -0.460 e. The molecule has 0 saturated heterocycles. The lowest BCUT2D eigenvalue weighted by atomic mass is 9.95. The molecule has 0 saturated carbocycles. The topological polar surface area (TPSA) is 366 Å².